The summed E-state index contributed by atoms with van der Waals surface area (Å²) in [5, 5.41) is 10.0. The number of aromatic amines is 1. The van der Waals surface area contributed by atoms with Gasteiger partial charge in [-0.3, -0.25) is 9.89 Å². The second-order valence-corrected chi connectivity index (χ2v) is 5.70. The lowest BCUT2D eigenvalue weighted by atomic mass is 10.2. The van der Waals surface area contributed by atoms with Crippen LogP contribution in [0.15, 0.2) is 46.1 Å². The zero-order valence-electron chi connectivity index (χ0n) is 12.4. The van der Waals surface area contributed by atoms with Gasteiger partial charge in [-0.05, 0) is 6.92 Å². The number of carbonyl (C=O) groups excluding carboxylic acids is 1. The third-order valence-corrected chi connectivity index (χ3v) is 3.81. The fraction of sp³-hybridized carbons (Fsp3) is 0.200. The summed E-state index contributed by atoms with van der Waals surface area (Å²) in [6.45, 7) is 2.06. The summed E-state index contributed by atoms with van der Waals surface area (Å²) >= 11 is 1.27. The van der Waals surface area contributed by atoms with Gasteiger partial charge >= 0.3 is 0 Å². The lowest BCUT2D eigenvalue weighted by Gasteiger charge is -2.01. The molecule has 0 aliphatic rings. The fourth-order valence-electron chi connectivity index (χ4n) is 1.87. The molecule has 0 aliphatic heterocycles. The van der Waals surface area contributed by atoms with Gasteiger partial charge in [0.1, 0.15) is 5.82 Å². The van der Waals surface area contributed by atoms with Crippen molar-refractivity contribution in [2.45, 2.75) is 18.6 Å². The molecule has 0 unspecified atom stereocenters. The molecular formula is C15H15N5O2S. The first-order chi connectivity index (χ1) is 11.2. The van der Waals surface area contributed by atoms with Gasteiger partial charge in [-0.1, -0.05) is 42.1 Å². The van der Waals surface area contributed by atoms with Crippen molar-refractivity contribution in [3.05, 3.63) is 48.2 Å². The van der Waals surface area contributed by atoms with E-state index in [4.69, 9.17) is 4.42 Å². The Morgan fingerprint density at radius 2 is 2.17 bits per heavy atom. The molecule has 2 aromatic heterocycles. The predicted molar refractivity (Wildman–Crippen MR) is 85.6 cm³/mol. The van der Waals surface area contributed by atoms with E-state index < -0.39 is 0 Å². The van der Waals surface area contributed by atoms with Crippen LogP contribution in [0.3, 0.4) is 0 Å². The van der Waals surface area contributed by atoms with Crippen LogP contribution in [0.2, 0.25) is 0 Å². The number of H-pyrrole nitrogens is 1. The predicted octanol–water partition coefficient (Wildman–Crippen LogP) is 2.18. The number of nitrogens with one attached hydrogen (secondary N) is 2. The zero-order valence-corrected chi connectivity index (χ0v) is 13.3. The molecule has 0 spiro atoms. The van der Waals surface area contributed by atoms with Crippen LogP contribution in [0.4, 0.5) is 0 Å². The van der Waals surface area contributed by atoms with Crippen molar-refractivity contribution in [2.75, 3.05) is 5.75 Å². The van der Waals surface area contributed by atoms with Gasteiger partial charge < -0.3 is 9.73 Å². The Morgan fingerprint density at radius 1 is 1.35 bits per heavy atom. The highest BCUT2D eigenvalue weighted by atomic mass is 32.2. The SMILES string of the molecule is Cc1nc(SCC(=O)NCc2ncc(-c3ccccc3)o2)n[nH]1. The summed E-state index contributed by atoms with van der Waals surface area (Å²) < 4.78 is 5.62. The van der Waals surface area contributed by atoms with Gasteiger partial charge in [0.25, 0.3) is 0 Å². The van der Waals surface area contributed by atoms with Crippen LogP contribution in [-0.2, 0) is 11.3 Å². The van der Waals surface area contributed by atoms with Gasteiger partial charge in [-0.2, -0.15) is 0 Å². The Morgan fingerprint density at radius 3 is 2.91 bits per heavy atom. The number of hydrogen-bond acceptors (Lipinski definition) is 6. The van der Waals surface area contributed by atoms with Crippen molar-refractivity contribution in [3.8, 4) is 11.3 Å². The third-order valence-electron chi connectivity index (χ3n) is 2.96. The average molecular weight is 329 g/mol. The standard InChI is InChI=1S/C15H15N5O2S/c1-10-18-15(20-19-10)23-9-13(21)16-8-14-17-7-12(22-14)11-5-3-2-4-6-11/h2-7H,8-9H2,1H3,(H,16,21)(H,18,19,20). The van der Waals surface area contributed by atoms with Crippen molar-refractivity contribution >= 4 is 17.7 Å². The molecule has 2 N–H and O–H groups in total. The molecule has 1 aromatic carbocycles. The number of amides is 1. The minimum absolute atomic E-state index is 0.128. The number of carbonyl (C=O) groups is 1. The zero-order chi connectivity index (χ0) is 16.1. The summed E-state index contributed by atoms with van der Waals surface area (Å²) in [6.07, 6.45) is 1.65. The summed E-state index contributed by atoms with van der Waals surface area (Å²) in [7, 11) is 0. The van der Waals surface area contributed by atoms with E-state index >= 15 is 0 Å². The number of hydrogen-bond donors (Lipinski definition) is 2. The summed E-state index contributed by atoms with van der Waals surface area (Å²) in [5.41, 5.74) is 0.952. The summed E-state index contributed by atoms with van der Waals surface area (Å²) in [4.78, 5) is 20.1. The van der Waals surface area contributed by atoms with Crippen LogP contribution in [0.25, 0.3) is 11.3 Å². The van der Waals surface area contributed by atoms with Crippen LogP contribution >= 0.6 is 11.8 Å². The first-order valence-electron chi connectivity index (χ1n) is 6.99. The van der Waals surface area contributed by atoms with Gasteiger partial charge in [-0.15, -0.1) is 5.10 Å². The number of nitrogens with zero attached hydrogens (tertiary/aromatic N) is 3. The highest BCUT2D eigenvalue weighted by Crippen LogP contribution is 2.19. The van der Waals surface area contributed by atoms with Crippen LogP contribution in [0.5, 0.6) is 0 Å². The number of benzene rings is 1. The summed E-state index contributed by atoms with van der Waals surface area (Å²) in [6, 6.07) is 9.69. The van der Waals surface area contributed by atoms with Crippen LogP contribution in [0, 0.1) is 6.92 Å². The second-order valence-electron chi connectivity index (χ2n) is 4.75. The molecule has 0 fully saturated rings. The van der Waals surface area contributed by atoms with E-state index in [0.29, 0.717) is 16.8 Å². The van der Waals surface area contributed by atoms with Crippen molar-refractivity contribution in [1.29, 1.82) is 0 Å². The highest BCUT2D eigenvalue weighted by molar-refractivity contribution is 7.99. The van der Waals surface area contributed by atoms with E-state index in [-0.39, 0.29) is 18.2 Å². The molecular weight excluding hydrogens is 314 g/mol. The van der Waals surface area contributed by atoms with Crippen molar-refractivity contribution in [3.63, 3.8) is 0 Å². The molecule has 8 heteroatoms. The monoisotopic (exact) mass is 329 g/mol. The van der Waals surface area contributed by atoms with Crippen molar-refractivity contribution in [2.24, 2.45) is 0 Å². The van der Waals surface area contributed by atoms with Gasteiger partial charge in [-0.25, -0.2) is 9.97 Å². The lowest BCUT2D eigenvalue weighted by Crippen LogP contribution is -2.24. The quantitative estimate of drug-likeness (QED) is 0.673. The Bertz CT molecular complexity index is 784. The van der Waals surface area contributed by atoms with E-state index in [1.807, 2.05) is 37.3 Å². The minimum atomic E-state index is -0.128. The highest BCUT2D eigenvalue weighted by Gasteiger charge is 2.09. The Kier molecular flexibility index (Phi) is 4.72. The van der Waals surface area contributed by atoms with Crippen LogP contribution in [-0.4, -0.2) is 31.8 Å². The van der Waals surface area contributed by atoms with E-state index in [9.17, 15) is 4.79 Å². The largest absolute Gasteiger partial charge is 0.439 e. The number of aromatic nitrogens is 4. The minimum Gasteiger partial charge on any atom is -0.439 e. The fourth-order valence-corrected chi connectivity index (χ4v) is 2.54. The van der Waals surface area contributed by atoms with E-state index in [0.717, 1.165) is 11.4 Å². The third kappa shape index (κ3) is 4.19. The number of thioether (sulfide) groups is 1. The van der Waals surface area contributed by atoms with E-state index in [1.165, 1.54) is 11.8 Å². The molecule has 0 bridgehead atoms. The first kappa shape index (κ1) is 15.3. The molecule has 23 heavy (non-hydrogen) atoms. The molecule has 2 heterocycles. The van der Waals surface area contributed by atoms with Crippen LogP contribution < -0.4 is 5.32 Å². The molecule has 1 amide bonds. The second kappa shape index (κ2) is 7.10. The maximum Gasteiger partial charge on any atom is 0.230 e. The summed E-state index contributed by atoms with van der Waals surface area (Å²) in [5.74, 6) is 1.98. The van der Waals surface area contributed by atoms with Gasteiger partial charge in [0.15, 0.2) is 5.76 Å². The molecule has 0 atom stereocenters. The molecule has 3 aromatic rings. The molecule has 0 aliphatic carbocycles. The van der Waals surface area contributed by atoms with Gasteiger partial charge in [0.2, 0.25) is 17.0 Å². The molecule has 3 rings (SSSR count). The Labute approximate surface area is 136 Å². The Balaban J connectivity index is 1.48. The van der Waals surface area contributed by atoms with Gasteiger partial charge in [0, 0.05) is 5.56 Å². The topological polar surface area (TPSA) is 96.7 Å². The molecule has 118 valence electrons. The van der Waals surface area contributed by atoms with E-state index in [2.05, 4.69) is 25.5 Å². The Hall–Kier alpha value is -2.61. The lowest BCUT2D eigenvalue weighted by molar-refractivity contribution is -0.118. The smallest absolute Gasteiger partial charge is 0.230 e. The maximum absolute atomic E-state index is 11.8. The van der Waals surface area contributed by atoms with Gasteiger partial charge in [0.05, 0.1) is 18.5 Å². The molecule has 0 radical (unpaired) electrons. The average Bonchev–Trinajstić information content (AvgIpc) is 3.21. The number of rotatable bonds is 6. The van der Waals surface area contributed by atoms with Crippen molar-refractivity contribution in [1.82, 2.24) is 25.5 Å². The molecule has 0 saturated carbocycles. The molecule has 0 saturated heterocycles. The van der Waals surface area contributed by atoms with Crippen LogP contribution in [0.1, 0.15) is 11.7 Å². The van der Waals surface area contributed by atoms with E-state index in [1.54, 1.807) is 6.20 Å². The van der Waals surface area contributed by atoms with Crippen molar-refractivity contribution < 1.29 is 9.21 Å². The number of oxazole rings is 1. The molecule has 7 nitrogen and oxygen atoms in total. The normalized spacial score (nSPS) is 10.7. The maximum atomic E-state index is 11.8. The number of aryl methyl sites for hydroxylation is 1. The first-order valence-corrected chi connectivity index (χ1v) is 7.98.